The molecule has 0 unspecified atom stereocenters. The molecular formula is C25H28O8. The van der Waals surface area contributed by atoms with E-state index in [1.54, 1.807) is 26.0 Å². The van der Waals surface area contributed by atoms with Gasteiger partial charge in [-0.05, 0) is 51.5 Å². The number of hydrogen-bond acceptors (Lipinski definition) is 8. The minimum Gasteiger partial charge on any atom is -0.508 e. The van der Waals surface area contributed by atoms with E-state index in [-0.39, 0.29) is 41.6 Å². The number of aliphatic hydroxyl groups is 2. The number of ether oxygens (including phenoxy) is 3. The first-order chi connectivity index (χ1) is 15.5. The van der Waals surface area contributed by atoms with Crippen molar-refractivity contribution < 1.29 is 39.4 Å². The molecule has 2 aromatic carbocycles. The van der Waals surface area contributed by atoms with E-state index in [0.29, 0.717) is 22.6 Å². The highest BCUT2D eigenvalue weighted by Gasteiger charge is 2.44. The second-order valence-corrected chi connectivity index (χ2v) is 9.20. The largest absolute Gasteiger partial charge is 0.508 e. The Balaban J connectivity index is 1.78. The number of hydrogen-bond donors (Lipinski definition) is 4. The van der Waals surface area contributed by atoms with E-state index in [1.165, 1.54) is 6.07 Å². The van der Waals surface area contributed by atoms with Gasteiger partial charge in [0.2, 0.25) is 0 Å². The van der Waals surface area contributed by atoms with Crippen LogP contribution in [0.15, 0.2) is 35.9 Å². The lowest BCUT2D eigenvalue weighted by Crippen LogP contribution is -2.48. The Bertz CT molecular complexity index is 1130. The first kappa shape index (κ1) is 22.9. The summed E-state index contributed by atoms with van der Waals surface area (Å²) >= 11 is 0. The van der Waals surface area contributed by atoms with Crippen molar-refractivity contribution in [3.8, 4) is 28.7 Å². The average Bonchev–Trinajstić information content (AvgIpc) is 2.71. The molecule has 0 saturated carbocycles. The maximum atomic E-state index is 12.7. The van der Waals surface area contributed by atoms with Crippen LogP contribution in [0, 0.1) is 0 Å². The standard InChI is InChI=1S/C25H28O8/c1-12(2)5-6-31-20-8-13(7-15-22(29)24(30)25(3,4)33-23(15)20)18-11-17(28)21-16(27)9-14(26)10-19(21)32-18/h5,7-10,18,22,24,26-27,29-30H,6,11H2,1-4H3/t18-,22+,24+/m0/s1. The summed E-state index contributed by atoms with van der Waals surface area (Å²) in [7, 11) is 0. The van der Waals surface area contributed by atoms with Gasteiger partial charge in [-0.25, -0.2) is 0 Å². The van der Waals surface area contributed by atoms with Crippen LogP contribution in [0.25, 0.3) is 0 Å². The number of phenols is 2. The molecule has 0 spiro atoms. The molecule has 0 fully saturated rings. The van der Waals surface area contributed by atoms with Crippen LogP contribution < -0.4 is 14.2 Å². The Hall–Kier alpha value is -3.23. The molecular weight excluding hydrogens is 428 g/mol. The summed E-state index contributed by atoms with van der Waals surface area (Å²) in [5, 5.41) is 41.3. The number of ketones is 1. The molecule has 2 aromatic rings. The number of phenolic OH excluding ortho intramolecular Hbond substituents is 2. The van der Waals surface area contributed by atoms with Gasteiger partial charge in [0, 0.05) is 17.7 Å². The van der Waals surface area contributed by atoms with Gasteiger partial charge < -0.3 is 34.6 Å². The number of rotatable bonds is 4. The summed E-state index contributed by atoms with van der Waals surface area (Å²) < 4.78 is 17.9. The Kier molecular flexibility index (Phi) is 5.76. The van der Waals surface area contributed by atoms with E-state index in [9.17, 15) is 25.2 Å². The van der Waals surface area contributed by atoms with E-state index in [0.717, 1.165) is 11.6 Å². The van der Waals surface area contributed by atoms with Crippen molar-refractivity contribution in [3.63, 3.8) is 0 Å². The molecule has 176 valence electrons. The fourth-order valence-corrected chi connectivity index (χ4v) is 4.05. The van der Waals surface area contributed by atoms with Crippen LogP contribution in [0.4, 0.5) is 0 Å². The SMILES string of the molecule is CC(C)=CCOc1cc([C@@H]2CC(=O)c3c(O)cc(O)cc3O2)cc2c1OC(C)(C)[C@H](O)[C@@H]2O. The summed E-state index contributed by atoms with van der Waals surface area (Å²) in [6.45, 7) is 7.50. The zero-order chi connectivity index (χ0) is 24.1. The highest BCUT2D eigenvalue weighted by molar-refractivity contribution is 6.02. The molecule has 0 bridgehead atoms. The Morgan fingerprint density at radius 3 is 2.61 bits per heavy atom. The predicted octanol–water partition coefficient (Wildman–Crippen LogP) is 3.71. The monoisotopic (exact) mass is 456 g/mol. The molecule has 4 rings (SSSR count). The van der Waals surface area contributed by atoms with E-state index in [1.807, 2.05) is 19.9 Å². The van der Waals surface area contributed by atoms with Crippen molar-refractivity contribution in [2.24, 2.45) is 0 Å². The molecule has 0 saturated heterocycles. The molecule has 0 aliphatic carbocycles. The molecule has 3 atom stereocenters. The van der Waals surface area contributed by atoms with Crippen LogP contribution >= 0.6 is 0 Å². The van der Waals surface area contributed by atoms with E-state index in [2.05, 4.69) is 0 Å². The maximum Gasteiger partial charge on any atom is 0.174 e. The Labute approximate surface area is 191 Å². The molecule has 2 heterocycles. The number of benzene rings is 2. The number of carbonyl (C=O) groups excluding carboxylic acids is 1. The smallest absolute Gasteiger partial charge is 0.174 e. The van der Waals surface area contributed by atoms with Crippen molar-refractivity contribution in [1.29, 1.82) is 0 Å². The molecule has 8 nitrogen and oxygen atoms in total. The van der Waals surface area contributed by atoms with Gasteiger partial charge in [-0.2, -0.15) is 0 Å². The lowest BCUT2D eigenvalue weighted by Gasteiger charge is -2.41. The lowest BCUT2D eigenvalue weighted by molar-refractivity contribution is -0.112. The van der Waals surface area contributed by atoms with Crippen LogP contribution in [0.1, 0.15) is 67.8 Å². The average molecular weight is 456 g/mol. The molecule has 8 heteroatoms. The van der Waals surface area contributed by atoms with Gasteiger partial charge in [-0.15, -0.1) is 0 Å². The van der Waals surface area contributed by atoms with Crippen LogP contribution in [0.5, 0.6) is 28.7 Å². The fraction of sp³-hybridized carbons (Fsp3) is 0.400. The summed E-state index contributed by atoms with van der Waals surface area (Å²) in [4.78, 5) is 12.7. The van der Waals surface area contributed by atoms with Crippen molar-refractivity contribution in [2.45, 2.75) is 58.0 Å². The van der Waals surface area contributed by atoms with E-state index >= 15 is 0 Å². The summed E-state index contributed by atoms with van der Waals surface area (Å²) in [5.41, 5.74) is 0.884. The number of carbonyl (C=O) groups is 1. The highest BCUT2D eigenvalue weighted by Crippen LogP contribution is 2.48. The van der Waals surface area contributed by atoms with E-state index in [4.69, 9.17) is 14.2 Å². The topological polar surface area (TPSA) is 126 Å². The second kappa shape index (κ2) is 8.28. The third-order valence-electron chi connectivity index (χ3n) is 5.89. The van der Waals surface area contributed by atoms with Gasteiger partial charge >= 0.3 is 0 Å². The third kappa shape index (κ3) is 4.24. The minimum atomic E-state index is -1.24. The highest BCUT2D eigenvalue weighted by atomic mass is 16.5. The first-order valence-electron chi connectivity index (χ1n) is 10.7. The quantitative estimate of drug-likeness (QED) is 0.513. The van der Waals surface area contributed by atoms with Gasteiger partial charge in [0.15, 0.2) is 17.3 Å². The molecule has 2 aliphatic heterocycles. The number of Topliss-reactive ketones (excluding diaryl/α,β-unsaturated/α-hetero) is 1. The van der Waals surface area contributed by atoms with E-state index < -0.39 is 23.9 Å². The summed E-state index contributed by atoms with van der Waals surface area (Å²) in [6, 6.07) is 5.67. The normalized spacial score (nSPS) is 23.0. The number of allylic oxidation sites excluding steroid dienone is 1. The van der Waals surface area contributed by atoms with Crippen molar-refractivity contribution in [1.82, 2.24) is 0 Å². The van der Waals surface area contributed by atoms with Crippen molar-refractivity contribution in [3.05, 3.63) is 52.6 Å². The Morgan fingerprint density at radius 2 is 1.91 bits per heavy atom. The molecule has 0 aromatic heterocycles. The van der Waals surface area contributed by atoms with Crippen molar-refractivity contribution >= 4 is 5.78 Å². The number of aromatic hydroxyl groups is 2. The van der Waals surface area contributed by atoms with Crippen molar-refractivity contribution in [2.75, 3.05) is 6.61 Å². The van der Waals surface area contributed by atoms with Gasteiger partial charge in [0.05, 0.1) is 6.42 Å². The summed E-state index contributed by atoms with van der Waals surface area (Å²) in [6.07, 6.45) is -1.37. The fourth-order valence-electron chi connectivity index (χ4n) is 4.05. The van der Waals surface area contributed by atoms with Crippen LogP contribution in [-0.4, -0.2) is 44.5 Å². The Morgan fingerprint density at radius 1 is 1.18 bits per heavy atom. The van der Waals surface area contributed by atoms with Crippen LogP contribution in [-0.2, 0) is 0 Å². The van der Waals surface area contributed by atoms with Crippen LogP contribution in [0.2, 0.25) is 0 Å². The zero-order valence-corrected chi connectivity index (χ0v) is 19.0. The zero-order valence-electron chi connectivity index (χ0n) is 19.0. The van der Waals surface area contributed by atoms with Gasteiger partial charge in [-0.3, -0.25) is 4.79 Å². The molecule has 33 heavy (non-hydrogen) atoms. The maximum absolute atomic E-state index is 12.7. The minimum absolute atomic E-state index is 0.0163. The lowest BCUT2D eigenvalue weighted by atomic mass is 9.86. The molecule has 0 amide bonds. The number of fused-ring (bicyclic) bond motifs is 2. The van der Waals surface area contributed by atoms with Gasteiger partial charge in [0.1, 0.15) is 53.3 Å². The molecule has 4 N–H and O–H groups in total. The van der Waals surface area contributed by atoms with Crippen LogP contribution in [0.3, 0.4) is 0 Å². The summed E-state index contributed by atoms with van der Waals surface area (Å²) in [5.74, 6) is -0.192. The molecule has 0 radical (unpaired) electrons. The third-order valence-corrected chi connectivity index (χ3v) is 5.89. The number of aliphatic hydroxyl groups excluding tert-OH is 2. The molecule has 2 aliphatic rings. The first-order valence-corrected chi connectivity index (χ1v) is 10.7. The second-order valence-electron chi connectivity index (χ2n) is 9.20. The van der Waals surface area contributed by atoms with Gasteiger partial charge in [0.25, 0.3) is 0 Å². The predicted molar refractivity (Wildman–Crippen MR) is 119 cm³/mol. The van der Waals surface area contributed by atoms with Gasteiger partial charge in [-0.1, -0.05) is 5.57 Å².